The van der Waals surface area contributed by atoms with Gasteiger partial charge >= 0.3 is 0 Å². The van der Waals surface area contributed by atoms with Gasteiger partial charge in [0, 0.05) is 5.33 Å². The minimum absolute atomic E-state index is 0.0539. The van der Waals surface area contributed by atoms with Gasteiger partial charge in [0.2, 0.25) is 0 Å². The number of halogens is 2. The monoisotopic (exact) mass is 286 g/mol. The van der Waals surface area contributed by atoms with E-state index in [1.807, 2.05) is 12.1 Å². The van der Waals surface area contributed by atoms with Gasteiger partial charge in [-0.2, -0.15) is 0 Å². The average molecular weight is 287 g/mol. The Bertz CT molecular complexity index is 286. The molecule has 0 aliphatic heterocycles. The third-order valence-electron chi connectivity index (χ3n) is 2.79. The molecule has 2 heteroatoms. The summed E-state index contributed by atoms with van der Waals surface area (Å²) in [4.78, 5) is 0. The molecule has 0 unspecified atom stereocenters. The molecule has 0 heterocycles. The topological polar surface area (TPSA) is 0 Å². The van der Waals surface area contributed by atoms with Crippen LogP contribution in [0, 0.1) is 5.82 Å². The second kappa shape index (κ2) is 8.74. The van der Waals surface area contributed by atoms with Crippen LogP contribution in [0.3, 0.4) is 0 Å². The number of alkyl halides is 1. The van der Waals surface area contributed by atoms with Crippen molar-refractivity contribution >= 4 is 15.9 Å². The lowest BCUT2D eigenvalue weighted by atomic mass is 10.0. The van der Waals surface area contributed by atoms with Crippen LogP contribution >= 0.6 is 15.9 Å². The molecular weight excluding hydrogens is 267 g/mol. The summed E-state index contributed by atoms with van der Waals surface area (Å²) in [5.41, 5.74) is 0.864. The fourth-order valence-electron chi connectivity index (χ4n) is 1.82. The largest absolute Gasteiger partial charge is 0.207 e. The van der Waals surface area contributed by atoms with Crippen LogP contribution in [0.1, 0.15) is 44.1 Å². The standard InChI is InChI=1S/C14H20BrF/c15-12-8-4-2-1-3-5-9-13-10-6-7-11-14(13)16/h6-7,10-11H,1-5,8-9,12H2. The molecule has 0 amide bonds. The van der Waals surface area contributed by atoms with E-state index in [0.29, 0.717) is 0 Å². The summed E-state index contributed by atoms with van der Waals surface area (Å²) >= 11 is 3.43. The zero-order valence-electron chi connectivity index (χ0n) is 9.72. The van der Waals surface area contributed by atoms with E-state index in [4.69, 9.17) is 0 Å². The van der Waals surface area contributed by atoms with Crippen molar-refractivity contribution in [2.75, 3.05) is 5.33 Å². The number of rotatable bonds is 8. The predicted molar refractivity (Wildman–Crippen MR) is 71.6 cm³/mol. The number of benzene rings is 1. The van der Waals surface area contributed by atoms with Gasteiger partial charge in [-0.3, -0.25) is 0 Å². The highest BCUT2D eigenvalue weighted by molar-refractivity contribution is 9.09. The summed E-state index contributed by atoms with van der Waals surface area (Å²) < 4.78 is 13.3. The molecule has 1 aromatic carbocycles. The lowest BCUT2D eigenvalue weighted by Crippen LogP contribution is -1.90. The van der Waals surface area contributed by atoms with Crippen LogP contribution in [0.25, 0.3) is 0 Å². The number of unbranched alkanes of at least 4 members (excludes halogenated alkanes) is 5. The number of hydrogen-bond donors (Lipinski definition) is 0. The molecule has 90 valence electrons. The van der Waals surface area contributed by atoms with Crippen LogP contribution in [0.15, 0.2) is 24.3 Å². The van der Waals surface area contributed by atoms with E-state index in [0.717, 1.165) is 23.7 Å². The van der Waals surface area contributed by atoms with Gasteiger partial charge in [0.15, 0.2) is 0 Å². The molecular formula is C14H20BrF. The predicted octanol–water partition coefficient (Wildman–Crippen LogP) is 5.10. The van der Waals surface area contributed by atoms with Crippen molar-refractivity contribution < 1.29 is 4.39 Å². The Morgan fingerprint density at radius 1 is 0.875 bits per heavy atom. The van der Waals surface area contributed by atoms with Crippen LogP contribution in [0.5, 0.6) is 0 Å². The molecule has 1 rings (SSSR count). The number of aryl methyl sites for hydroxylation is 1. The van der Waals surface area contributed by atoms with Crippen molar-refractivity contribution in [3.8, 4) is 0 Å². The first kappa shape index (κ1) is 13.7. The lowest BCUT2D eigenvalue weighted by Gasteiger charge is -2.03. The molecule has 0 bridgehead atoms. The molecule has 0 nitrogen and oxygen atoms in total. The van der Waals surface area contributed by atoms with E-state index in [1.54, 1.807) is 12.1 Å². The number of hydrogen-bond acceptors (Lipinski definition) is 0. The van der Waals surface area contributed by atoms with Crippen LogP contribution < -0.4 is 0 Å². The van der Waals surface area contributed by atoms with Crippen LogP contribution in [0.4, 0.5) is 4.39 Å². The first-order chi connectivity index (χ1) is 7.84. The maximum atomic E-state index is 13.3. The smallest absolute Gasteiger partial charge is 0.126 e. The van der Waals surface area contributed by atoms with Gasteiger partial charge in [0.25, 0.3) is 0 Å². The van der Waals surface area contributed by atoms with Crippen molar-refractivity contribution in [3.05, 3.63) is 35.6 Å². The van der Waals surface area contributed by atoms with Gasteiger partial charge in [-0.1, -0.05) is 59.8 Å². The zero-order chi connectivity index (χ0) is 11.6. The zero-order valence-corrected chi connectivity index (χ0v) is 11.3. The van der Waals surface area contributed by atoms with Crippen molar-refractivity contribution in [3.63, 3.8) is 0 Å². The van der Waals surface area contributed by atoms with Crippen molar-refractivity contribution in [2.24, 2.45) is 0 Å². The molecule has 0 fully saturated rings. The Hall–Kier alpha value is -0.370. The Morgan fingerprint density at radius 3 is 2.19 bits per heavy atom. The Morgan fingerprint density at radius 2 is 1.50 bits per heavy atom. The van der Waals surface area contributed by atoms with E-state index in [9.17, 15) is 4.39 Å². The van der Waals surface area contributed by atoms with Crippen LogP contribution in [0.2, 0.25) is 0 Å². The average Bonchev–Trinajstić information content (AvgIpc) is 2.30. The van der Waals surface area contributed by atoms with Crippen LogP contribution in [-0.2, 0) is 6.42 Å². The second-order valence-corrected chi connectivity index (χ2v) is 4.94. The summed E-state index contributed by atoms with van der Waals surface area (Å²) in [6.07, 6.45) is 8.37. The van der Waals surface area contributed by atoms with Gasteiger partial charge in [0.1, 0.15) is 5.82 Å². The molecule has 16 heavy (non-hydrogen) atoms. The fraction of sp³-hybridized carbons (Fsp3) is 0.571. The maximum absolute atomic E-state index is 13.3. The molecule has 0 aliphatic rings. The molecule has 0 aromatic heterocycles. The molecule has 0 N–H and O–H groups in total. The highest BCUT2D eigenvalue weighted by Crippen LogP contribution is 2.12. The van der Waals surface area contributed by atoms with Crippen molar-refractivity contribution in [2.45, 2.75) is 44.9 Å². The Balaban J connectivity index is 2.05. The van der Waals surface area contributed by atoms with Gasteiger partial charge in [-0.15, -0.1) is 0 Å². The highest BCUT2D eigenvalue weighted by Gasteiger charge is 1.99. The molecule has 0 radical (unpaired) electrons. The first-order valence-electron chi connectivity index (χ1n) is 6.14. The third kappa shape index (κ3) is 5.64. The van der Waals surface area contributed by atoms with E-state index in [2.05, 4.69) is 15.9 Å². The van der Waals surface area contributed by atoms with E-state index in [1.165, 1.54) is 32.1 Å². The Kier molecular flexibility index (Phi) is 7.48. The molecule has 0 aliphatic carbocycles. The summed E-state index contributed by atoms with van der Waals surface area (Å²) in [6, 6.07) is 7.10. The summed E-state index contributed by atoms with van der Waals surface area (Å²) in [5, 5.41) is 1.11. The molecule has 0 atom stereocenters. The van der Waals surface area contributed by atoms with Crippen molar-refractivity contribution in [1.29, 1.82) is 0 Å². The van der Waals surface area contributed by atoms with Gasteiger partial charge in [-0.25, -0.2) is 4.39 Å². The summed E-state index contributed by atoms with van der Waals surface area (Å²) in [6.45, 7) is 0. The van der Waals surface area contributed by atoms with Gasteiger partial charge < -0.3 is 0 Å². The van der Waals surface area contributed by atoms with Crippen LogP contribution in [-0.4, -0.2) is 5.33 Å². The van der Waals surface area contributed by atoms with E-state index in [-0.39, 0.29) is 5.82 Å². The second-order valence-electron chi connectivity index (χ2n) is 4.15. The lowest BCUT2D eigenvalue weighted by molar-refractivity contribution is 0.581. The summed E-state index contributed by atoms with van der Waals surface area (Å²) in [5.74, 6) is -0.0539. The maximum Gasteiger partial charge on any atom is 0.126 e. The van der Waals surface area contributed by atoms with Gasteiger partial charge in [-0.05, 0) is 30.9 Å². The molecule has 0 saturated heterocycles. The minimum atomic E-state index is -0.0539. The molecule has 0 spiro atoms. The van der Waals surface area contributed by atoms with E-state index >= 15 is 0 Å². The SMILES string of the molecule is Fc1ccccc1CCCCCCCCBr. The molecule has 0 saturated carbocycles. The quantitative estimate of drug-likeness (QED) is 0.460. The summed E-state index contributed by atoms with van der Waals surface area (Å²) in [7, 11) is 0. The fourth-order valence-corrected chi connectivity index (χ4v) is 2.21. The Labute approximate surface area is 106 Å². The minimum Gasteiger partial charge on any atom is -0.207 e. The third-order valence-corrected chi connectivity index (χ3v) is 3.35. The highest BCUT2D eigenvalue weighted by atomic mass is 79.9. The van der Waals surface area contributed by atoms with Crippen molar-refractivity contribution in [1.82, 2.24) is 0 Å². The van der Waals surface area contributed by atoms with Gasteiger partial charge in [0.05, 0.1) is 0 Å². The first-order valence-corrected chi connectivity index (χ1v) is 7.26. The normalized spacial score (nSPS) is 10.6. The van der Waals surface area contributed by atoms with E-state index < -0.39 is 0 Å². The molecule has 1 aromatic rings.